The smallest absolute Gasteiger partial charge is 0.289 e. The van der Waals surface area contributed by atoms with E-state index >= 15 is 0 Å². The Balaban J connectivity index is 1.93. The van der Waals surface area contributed by atoms with Crippen molar-refractivity contribution in [2.75, 3.05) is 19.0 Å². The van der Waals surface area contributed by atoms with Gasteiger partial charge in [0.05, 0.1) is 7.11 Å². The molecule has 1 unspecified atom stereocenters. The first-order valence-corrected chi connectivity index (χ1v) is 7.50. The zero-order valence-corrected chi connectivity index (χ0v) is 12.9. The van der Waals surface area contributed by atoms with Crippen molar-refractivity contribution in [1.29, 1.82) is 0 Å². The Bertz CT molecular complexity index is 600. The number of amides is 3. The average molecular weight is 320 g/mol. The molecule has 1 aliphatic heterocycles. The fourth-order valence-corrected chi connectivity index (χ4v) is 2.97. The Labute approximate surface area is 132 Å². The topological polar surface area (TPSA) is 75.7 Å². The van der Waals surface area contributed by atoms with Crippen molar-refractivity contribution in [2.45, 2.75) is 11.7 Å². The van der Waals surface area contributed by atoms with Crippen LogP contribution in [0.15, 0.2) is 36.9 Å². The zero-order chi connectivity index (χ0) is 16.1. The predicted molar refractivity (Wildman–Crippen MR) is 84.9 cm³/mol. The lowest BCUT2D eigenvalue weighted by Gasteiger charge is -2.11. The number of rotatable bonds is 6. The molecule has 0 radical (unpaired) electrons. The van der Waals surface area contributed by atoms with E-state index in [0.29, 0.717) is 11.4 Å². The summed E-state index contributed by atoms with van der Waals surface area (Å²) in [6.07, 6.45) is 1.44. The second kappa shape index (κ2) is 7.13. The van der Waals surface area contributed by atoms with Gasteiger partial charge in [0.2, 0.25) is 11.8 Å². The number of anilines is 1. The van der Waals surface area contributed by atoms with E-state index in [1.807, 2.05) is 0 Å². The molecular formula is C15H16N2O4S. The minimum absolute atomic E-state index is 0.0467. The Morgan fingerprint density at radius 3 is 2.68 bits per heavy atom. The molecule has 22 heavy (non-hydrogen) atoms. The molecule has 1 atom stereocenters. The molecule has 7 heteroatoms. The SMILES string of the molecule is C=CCN1C(=O)SC(CC(=O)Nc2ccc(OC)cc2)C1=O. The van der Waals surface area contributed by atoms with Crippen LogP contribution in [-0.4, -0.2) is 40.9 Å². The lowest BCUT2D eigenvalue weighted by Crippen LogP contribution is -2.33. The summed E-state index contributed by atoms with van der Waals surface area (Å²) in [6.45, 7) is 3.67. The molecule has 116 valence electrons. The zero-order valence-electron chi connectivity index (χ0n) is 12.1. The summed E-state index contributed by atoms with van der Waals surface area (Å²) < 4.78 is 5.03. The van der Waals surface area contributed by atoms with E-state index < -0.39 is 5.25 Å². The Kier molecular flexibility index (Phi) is 5.21. The molecule has 0 aromatic heterocycles. The van der Waals surface area contributed by atoms with E-state index in [0.717, 1.165) is 16.7 Å². The summed E-state index contributed by atoms with van der Waals surface area (Å²) >= 11 is 0.876. The molecule has 6 nitrogen and oxygen atoms in total. The van der Waals surface area contributed by atoms with Gasteiger partial charge in [0.25, 0.3) is 5.24 Å². The molecule has 0 bridgehead atoms. The van der Waals surface area contributed by atoms with Crippen molar-refractivity contribution in [3.05, 3.63) is 36.9 Å². The molecule has 0 aliphatic carbocycles. The summed E-state index contributed by atoms with van der Waals surface area (Å²) in [6, 6.07) is 6.85. The number of imide groups is 1. The van der Waals surface area contributed by atoms with Gasteiger partial charge in [-0.25, -0.2) is 0 Å². The van der Waals surface area contributed by atoms with Crippen molar-refractivity contribution in [1.82, 2.24) is 4.90 Å². The molecule has 3 amide bonds. The van der Waals surface area contributed by atoms with Crippen LogP contribution in [-0.2, 0) is 9.59 Å². The molecule has 1 heterocycles. The van der Waals surface area contributed by atoms with Gasteiger partial charge in [-0.15, -0.1) is 6.58 Å². The Morgan fingerprint density at radius 2 is 2.09 bits per heavy atom. The van der Waals surface area contributed by atoms with Gasteiger partial charge in [-0.2, -0.15) is 0 Å². The highest BCUT2D eigenvalue weighted by atomic mass is 32.2. The maximum Gasteiger partial charge on any atom is 0.289 e. The van der Waals surface area contributed by atoms with Crippen molar-refractivity contribution in [2.24, 2.45) is 0 Å². The van der Waals surface area contributed by atoms with Crippen LogP contribution in [0.4, 0.5) is 10.5 Å². The lowest BCUT2D eigenvalue weighted by molar-refractivity contribution is -0.128. The lowest BCUT2D eigenvalue weighted by atomic mass is 10.2. The maximum absolute atomic E-state index is 12.0. The minimum atomic E-state index is -0.675. The van der Waals surface area contributed by atoms with E-state index in [1.54, 1.807) is 31.4 Å². The Hall–Kier alpha value is -2.28. The van der Waals surface area contributed by atoms with Crippen LogP contribution in [0.25, 0.3) is 0 Å². The molecular weight excluding hydrogens is 304 g/mol. The molecule has 1 fully saturated rings. The fourth-order valence-electron chi connectivity index (χ4n) is 1.98. The monoisotopic (exact) mass is 320 g/mol. The van der Waals surface area contributed by atoms with Crippen LogP contribution < -0.4 is 10.1 Å². The van der Waals surface area contributed by atoms with E-state index in [2.05, 4.69) is 11.9 Å². The molecule has 1 N–H and O–H groups in total. The second-order valence-electron chi connectivity index (χ2n) is 4.59. The van der Waals surface area contributed by atoms with Gasteiger partial charge >= 0.3 is 0 Å². The van der Waals surface area contributed by atoms with Gasteiger partial charge in [0.1, 0.15) is 11.0 Å². The summed E-state index contributed by atoms with van der Waals surface area (Å²) in [5.41, 5.74) is 0.607. The molecule has 1 aromatic rings. The number of carbonyl (C=O) groups is 3. The largest absolute Gasteiger partial charge is 0.497 e. The van der Waals surface area contributed by atoms with E-state index in [9.17, 15) is 14.4 Å². The first-order chi connectivity index (χ1) is 10.5. The second-order valence-corrected chi connectivity index (χ2v) is 5.74. The standard InChI is InChI=1S/C15H16N2O4S/c1-3-8-17-14(19)12(22-15(17)20)9-13(18)16-10-4-6-11(21-2)7-5-10/h3-7,12H,1,8-9H2,2H3,(H,16,18). The fraction of sp³-hybridized carbons (Fsp3) is 0.267. The third-order valence-electron chi connectivity index (χ3n) is 3.06. The number of nitrogens with zero attached hydrogens (tertiary/aromatic N) is 1. The van der Waals surface area contributed by atoms with Crippen LogP contribution in [0, 0.1) is 0 Å². The van der Waals surface area contributed by atoms with Crippen LogP contribution in [0.2, 0.25) is 0 Å². The number of methoxy groups -OCH3 is 1. The molecule has 1 saturated heterocycles. The van der Waals surface area contributed by atoms with Crippen molar-refractivity contribution in [3.63, 3.8) is 0 Å². The Morgan fingerprint density at radius 1 is 1.41 bits per heavy atom. The van der Waals surface area contributed by atoms with Crippen LogP contribution in [0.3, 0.4) is 0 Å². The minimum Gasteiger partial charge on any atom is -0.497 e. The third kappa shape index (κ3) is 3.67. The number of ether oxygens (including phenoxy) is 1. The first-order valence-electron chi connectivity index (χ1n) is 6.62. The van der Waals surface area contributed by atoms with Gasteiger partial charge in [0, 0.05) is 18.7 Å². The number of thioether (sulfide) groups is 1. The van der Waals surface area contributed by atoms with Gasteiger partial charge in [0.15, 0.2) is 0 Å². The summed E-state index contributed by atoms with van der Waals surface area (Å²) in [7, 11) is 1.56. The van der Waals surface area contributed by atoms with E-state index in [-0.39, 0.29) is 30.0 Å². The molecule has 2 rings (SSSR count). The highest BCUT2D eigenvalue weighted by Crippen LogP contribution is 2.29. The van der Waals surface area contributed by atoms with Gasteiger partial charge in [-0.3, -0.25) is 19.3 Å². The molecule has 1 aliphatic rings. The van der Waals surface area contributed by atoms with E-state index in [1.165, 1.54) is 6.08 Å². The summed E-state index contributed by atoms with van der Waals surface area (Å²) in [4.78, 5) is 36.8. The van der Waals surface area contributed by atoms with Gasteiger partial charge in [-0.05, 0) is 24.3 Å². The van der Waals surface area contributed by atoms with Crippen LogP contribution >= 0.6 is 11.8 Å². The number of nitrogens with one attached hydrogen (secondary N) is 1. The summed E-state index contributed by atoms with van der Waals surface area (Å²) in [5.74, 6) is 0.0224. The van der Waals surface area contributed by atoms with E-state index in [4.69, 9.17) is 4.74 Å². The third-order valence-corrected chi connectivity index (χ3v) is 4.14. The van der Waals surface area contributed by atoms with Crippen LogP contribution in [0.1, 0.15) is 6.42 Å². The number of hydrogen-bond donors (Lipinski definition) is 1. The molecule has 0 saturated carbocycles. The van der Waals surface area contributed by atoms with Crippen molar-refractivity contribution >= 4 is 34.5 Å². The summed E-state index contributed by atoms with van der Waals surface area (Å²) in [5, 5.41) is 1.68. The average Bonchev–Trinajstić information content (AvgIpc) is 2.76. The molecule has 0 spiro atoms. The number of benzene rings is 1. The number of carbonyl (C=O) groups excluding carboxylic acids is 3. The normalized spacial score (nSPS) is 17.5. The van der Waals surface area contributed by atoms with Gasteiger partial charge in [-0.1, -0.05) is 17.8 Å². The highest BCUT2D eigenvalue weighted by molar-refractivity contribution is 8.15. The maximum atomic E-state index is 12.0. The quantitative estimate of drug-likeness (QED) is 0.814. The number of hydrogen-bond acceptors (Lipinski definition) is 5. The first kappa shape index (κ1) is 16.1. The predicted octanol–water partition coefficient (Wildman–Crippen LogP) is 2.27. The van der Waals surface area contributed by atoms with Gasteiger partial charge < -0.3 is 10.1 Å². The molecule has 1 aromatic carbocycles. The van der Waals surface area contributed by atoms with Crippen molar-refractivity contribution in [3.8, 4) is 5.75 Å². The van der Waals surface area contributed by atoms with Crippen molar-refractivity contribution < 1.29 is 19.1 Å². The van der Waals surface area contributed by atoms with Crippen LogP contribution in [0.5, 0.6) is 5.75 Å². The highest BCUT2D eigenvalue weighted by Gasteiger charge is 2.39.